The highest BCUT2D eigenvalue weighted by Gasteiger charge is 2.40. The lowest BCUT2D eigenvalue weighted by molar-refractivity contribution is -0.131. The van der Waals surface area contributed by atoms with Crippen LogP contribution in [0.2, 0.25) is 0 Å². The van der Waals surface area contributed by atoms with Gasteiger partial charge in [0.1, 0.15) is 18.3 Å². The molecule has 2 amide bonds. The number of benzene rings is 1. The summed E-state index contributed by atoms with van der Waals surface area (Å²) in [6, 6.07) is 8.11. The van der Waals surface area contributed by atoms with Crippen LogP contribution in [0.15, 0.2) is 18.2 Å². The quantitative estimate of drug-likeness (QED) is 0.376. The summed E-state index contributed by atoms with van der Waals surface area (Å²) >= 11 is 1.53. The number of amides is 2. The summed E-state index contributed by atoms with van der Waals surface area (Å²) in [5.41, 5.74) is 2.02. The van der Waals surface area contributed by atoms with Crippen LogP contribution in [0.25, 0.3) is 0 Å². The Morgan fingerprint density at radius 3 is 2.86 bits per heavy atom. The standard InChI is InChI=1S/C27H37N5O4S/c1-4-9-30-26(33)21(19-28)17-25-32(5-2)27(34)24(37-25)8-10-29-22-7-6-20(3)23(18-22)36-16-13-31-11-14-35-15-12-31/h1,6-7,18,21,24-25,29H,5,8-17H2,2-3H3,(H,30,33). The zero-order chi connectivity index (χ0) is 26.6. The van der Waals surface area contributed by atoms with Crippen LogP contribution in [0, 0.1) is 36.5 Å². The first-order valence-corrected chi connectivity index (χ1v) is 13.7. The summed E-state index contributed by atoms with van der Waals surface area (Å²) in [5, 5.41) is 15.0. The molecule has 2 saturated heterocycles. The Labute approximate surface area is 224 Å². The number of thioether (sulfide) groups is 1. The van der Waals surface area contributed by atoms with Crippen molar-refractivity contribution in [2.24, 2.45) is 5.92 Å². The van der Waals surface area contributed by atoms with Gasteiger partial charge in [0.2, 0.25) is 11.8 Å². The maximum Gasteiger partial charge on any atom is 0.238 e. The van der Waals surface area contributed by atoms with Crippen molar-refractivity contribution in [2.75, 3.05) is 64.4 Å². The number of terminal acetylenes is 1. The van der Waals surface area contributed by atoms with Crippen molar-refractivity contribution < 1.29 is 19.1 Å². The number of anilines is 1. The van der Waals surface area contributed by atoms with E-state index in [1.165, 1.54) is 11.8 Å². The minimum absolute atomic E-state index is 0.0519. The zero-order valence-corrected chi connectivity index (χ0v) is 22.5. The summed E-state index contributed by atoms with van der Waals surface area (Å²) in [6.45, 7) is 10.1. The number of morpholine rings is 1. The number of nitriles is 1. The molecule has 2 heterocycles. The predicted molar refractivity (Wildman–Crippen MR) is 145 cm³/mol. The molecule has 200 valence electrons. The Morgan fingerprint density at radius 1 is 1.38 bits per heavy atom. The predicted octanol–water partition coefficient (Wildman–Crippen LogP) is 2.08. The van der Waals surface area contributed by atoms with Gasteiger partial charge in [0.25, 0.3) is 0 Å². The Hall–Kier alpha value is -2.92. The largest absolute Gasteiger partial charge is 0.492 e. The number of nitrogens with zero attached hydrogens (tertiary/aromatic N) is 3. The molecule has 1 aromatic carbocycles. The van der Waals surface area contributed by atoms with Crippen LogP contribution in [-0.4, -0.2) is 91.3 Å². The molecule has 37 heavy (non-hydrogen) atoms. The van der Waals surface area contributed by atoms with Gasteiger partial charge in [-0.05, 0) is 31.9 Å². The summed E-state index contributed by atoms with van der Waals surface area (Å²) in [4.78, 5) is 29.3. The third kappa shape index (κ3) is 8.29. The maximum absolute atomic E-state index is 13.0. The molecule has 0 saturated carbocycles. The molecule has 0 radical (unpaired) electrons. The number of hydrogen-bond donors (Lipinski definition) is 2. The minimum atomic E-state index is -0.848. The summed E-state index contributed by atoms with van der Waals surface area (Å²) in [7, 11) is 0. The number of ether oxygens (including phenoxy) is 2. The number of rotatable bonds is 13. The normalized spacial score (nSPS) is 20.6. The summed E-state index contributed by atoms with van der Waals surface area (Å²) in [6.07, 6.45) is 6.11. The van der Waals surface area contributed by atoms with Gasteiger partial charge in [-0.15, -0.1) is 18.2 Å². The third-order valence-corrected chi connectivity index (χ3v) is 8.06. The first-order valence-electron chi connectivity index (χ1n) is 12.8. The first-order chi connectivity index (χ1) is 18.0. The molecule has 0 bridgehead atoms. The van der Waals surface area contributed by atoms with Crippen molar-refractivity contribution in [1.82, 2.24) is 15.1 Å². The molecule has 3 rings (SSSR count). The van der Waals surface area contributed by atoms with Crippen molar-refractivity contribution in [3.05, 3.63) is 23.8 Å². The monoisotopic (exact) mass is 527 g/mol. The highest BCUT2D eigenvalue weighted by molar-refractivity contribution is 8.01. The van der Waals surface area contributed by atoms with E-state index >= 15 is 0 Å². The fourth-order valence-electron chi connectivity index (χ4n) is 4.39. The molecule has 0 aliphatic carbocycles. The lowest BCUT2D eigenvalue weighted by Gasteiger charge is -2.26. The number of nitrogens with one attached hydrogen (secondary N) is 2. The van der Waals surface area contributed by atoms with E-state index in [1.54, 1.807) is 4.90 Å². The Morgan fingerprint density at radius 2 is 2.16 bits per heavy atom. The highest BCUT2D eigenvalue weighted by atomic mass is 32.2. The SMILES string of the molecule is C#CCNC(=O)C(C#N)CC1SC(CCNc2ccc(C)c(OCCN3CCOCC3)c2)C(=O)N1CC. The van der Waals surface area contributed by atoms with Crippen molar-refractivity contribution in [2.45, 2.75) is 37.3 Å². The van der Waals surface area contributed by atoms with Crippen molar-refractivity contribution in [3.8, 4) is 24.2 Å². The van der Waals surface area contributed by atoms with E-state index in [4.69, 9.17) is 15.9 Å². The molecule has 3 atom stereocenters. The Bertz CT molecular complexity index is 1000. The van der Waals surface area contributed by atoms with E-state index < -0.39 is 11.8 Å². The summed E-state index contributed by atoms with van der Waals surface area (Å²) in [5.74, 6) is 2.01. The smallest absolute Gasteiger partial charge is 0.238 e. The topological polar surface area (TPSA) is 107 Å². The van der Waals surface area contributed by atoms with Gasteiger partial charge in [-0.2, -0.15) is 5.26 Å². The second-order valence-electron chi connectivity index (χ2n) is 9.04. The van der Waals surface area contributed by atoms with Crippen molar-refractivity contribution in [3.63, 3.8) is 0 Å². The van der Waals surface area contributed by atoms with Crippen LogP contribution in [0.3, 0.4) is 0 Å². The number of carbonyl (C=O) groups is 2. The van der Waals surface area contributed by atoms with Gasteiger partial charge in [0, 0.05) is 50.9 Å². The van der Waals surface area contributed by atoms with E-state index in [9.17, 15) is 14.9 Å². The molecule has 3 unspecified atom stereocenters. The van der Waals surface area contributed by atoms with E-state index in [1.807, 2.05) is 32.0 Å². The van der Waals surface area contributed by atoms with Crippen LogP contribution >= 0.6 is 11.8 Å². The fourth-order valence-corrected chi connectivity index (χ4v) is 5.97. The second-order valence-corrected chi connectivity index (χ2v) is 10.4. The van der Waals surface area contributed by atoms with E-state index in [2.05, 4.69) is 27.5 Å². The second kappa shape index (κ2) is 14.7. The van der Waals surface area contributed by atoms with E-state index in [0.29, 0.717) is 26.1 Å². The van der Waals surface area contributed by atoms with Crippen LogP contribution in [0.5, 0.6) is 5.75 Å². The van der Waals surface area contributed by atoms with Gasteiger partial charge in [-0.25, -0.2) is 0 Å². The first kappa shape index (κ1) is 28.6. The van der Waals surface area contributed by atoms with Crippen LogP contribution in [0.4, 0.5) is 5.69 Å². The minimum Gasteiger partial charge on any atom is -0.492 e. The Kier molecular flexibility index (Phi) is 11.4. The van der Waals surface area contributed by atoms with Gasteiger partial charge >= 0.3 is 0 Å². The lowest BCUT2D eigenvalue weighted by Crippen LogP contribution is -2.38. The lowest BCUT2D eigenvalue weighted by atomic mass is 10.1. The van der Waals surface area contributed by atoms with Gasteiger partial charge < -0.3 is 25.0 Å². The van der Waals surface area contributed by atoms with Crippen molar-refractivity contribution in [1.29, 1.82) is 5.26 Å². The third-order valence-electron chi connectivity index (χ3n) is 6.54. The Balaban J connectivity index is 1.48. The molecule has 0 aromatic heterocycles. The average Bonchev–Trinajstić information content (AvgIpc) is 3.21. The molecular formula is C27H37N5O4S. The molecule has 2 aliphatic rings. The van der Waals surface area contributed by atoms with E-state index in [0.717, 1.165) is 49.8 Å². The van der Waals surface area contributed by atoms with E-state index in [-0.39, 0.29) is 29.5 Å². The molecular weight excluding hydrogens is 490 g/mol. The van der Waals surface area contributed by atoms with Crippen molar-refractivity contribution >= 4 is 29.3 Å². The van der Waals surface area contributed by atoms with Crippen LogP contribution in [0.1, 0.15) is 25.3 Å². The molecule has 2 N–H and O–H groups in total. The van der Waals surface area contributed by atoms with Gasteiger partial charge in [-0.1, -0.05) is 12.0 Å². The fraction of sp³-hybridized carbons (Fsp3) is 0.593. The maximum atomic E-state index is 13.0. The van der Waals surface area contributed by atoms with Gasteiger partial charge in [0.15, 0.2) is 0 Å². The number of aryl methyl sites for hydroxylation is 1. The molecule has 2 fully saturated rings. The summed E-state index contributed by atoms with van der Waals surface area (Å²) < 4.78 is 11.4. The van der Waals surface area contributed by atoms with Gasteiger partial charge in [0.05, 0.1) is 36.5 Å². The van der Waals surface area contributed by atoms with Crippen LogP contribution < -0.4 is 15.4 Å². The van der Waals surface area contributed by atoms with Gasteiger partial charge in [-0.3, -0.25) is 14.5 Å². The molecule has 2 aliphatic heterocycles. The average molecular weight is 528 g/mol. The molecule has 0 spiro atoms. The number of hydrogen-bond acceptors (Lipinski definition) is 8. The molecule has 10 heteroatoms. The molecule has 1 aromatic rings. The highest BCUT2D eigenvalue weighted by Crippen LogP contribution is 2.37. The zero-order valence-electron chi connectivity index (χ0n) is 21.7. The number of carbonyl (C=O) groups excluding carboxylic acids is 2. The van der Waals surface area contributed by atoms with Crippen LogP contribution in [-0.2, 0) is 14.3 Å². The molecule has 9 nitrogen and oxygen atoms in total.